The van der Waals surface area contributed by atoms with E-state index in [1.807, 2.05) is 19.9 Å². The Morgan fingerprint density at radius 3 is 2.76 bits per heavy atom. The first-order valence-corrected chi connectivity index (χ1v) is 5.43. The summed E-state index contributed by atoms with van der Waals surface area (Å²) in [4.78, 5) is 23.5. The molecule has 1 aliphatic rings. The summed E-state index contributed by atoms with van der Waals surface area (Å²) >= 11 is 0. The highest BCUT2D eigenvalue weighted by Gasteiger charge is 2.19. The Kier molecular flexibility index (Phi) is 4.69. The normalized spacial score (nSPS) is 18.4. The Morgan fingerprint density at radius 2 is 2.24 bits per heavy atom. The molecule has 0 spiro atoms. The molecule has 4 nitrogen and oxygen atoms in total. The number of carbonyl (C=O) groups excluding carboxylic acids is 2. The van der Waals surface area contributed by atoms with E-state index in [1.165, 1.54) is 23.8 Å². The van der Waals surface area contributed by atoms with Crippen LogP contribution in [0.4, 0.5) is 4.79 Å². The minimum Gasteiger partial charge on any atom is -0.452 e. The van der Waals surface area contributed by atoms with Gasteiger partial charge in [-0.25, -0.2) is 4.79 Å². The highest BCUT2D eigenvalue weighted by Crippen LogP contribution is 2.22. The van der Waals surface area contributed by atoms with E-state index in [0.29, 0.717) is 5.57 Å². The first kappa shape index (κ1) is 13.2. The second-order valence-electron chi connectivity index (χ2n) is 4.09. The summed E-state index contributed by atoms with van der Waals surface area (Å²) in [6.07, 6.45) is 8.09. The lowest BCUT2D eigenvalue weighted by molar-refractivity contribution is -0.105. The molecule has 0 aromatic heterocycles. The van der Waals surface area contributed by atoms with Crippen molar-refractivity contribution in [1.82, 2.24) is 4.90 Å². The summed E-state index contributed by atoms with van der Waals surface area (Å²) < 4.78 is 4.58. The molecule has 1 atom stereocenters. The number of aldehydes is 1. The number of rotatable bonds is 3. The zero-order valence-electron chi connectivity index (χ0n) is 10.3. The molecule has 0 fully saturated rings. The van der Waals surface area contributed by atoms with Crippen LogP contribution >= 0.6 is 0 Å². The number of amides is 1. The van der Waals surface area contributed by atoms with E-state index in [1.54, 1.807) is 6.20 Å². The molecule has 1 rings (SSSR count). The Hall–Kier alpha value is -1.84. The van der Waals surface area contributed by atoms with Crippen molar-refractivity contribution in [3.05, 3.63) is 35.7 Å². The monoisotopic (exact) mass is 235 g/mol. The molecule has 92 valence electrons. The molecule has 0 aromatic rings. The average Bonchev–Trinajstić information content (AvgIpc) is 2.34. The van der Waals surface area contributed by atoms with E-state index in [4.69, 9.17) is 0 Å². The number of hydrogen-bond acceptors (Lipinski definition) is 3. The molecule has 0 radical (unpaired) electrons. The predicted octanol–water partition coefficient (Wildman–Crippen LogP) is 2.64. The molecule has 0 saturated carbocycles. The Morgan fingerprint density at radius 1 is 1.53 bits per heavy atom. The Labute approximate surface area is 101 Å². The van der Waals surface area contributed by atoms with Crippen molar-refractivity contribution in [2.24, 2.45) is 5.92 Å². The molecular weight excluding hydrogens is 218 g/mol. The second-order valence-corrected chi connectivity index (χ2v) is 4.09. The van der Waals surface area contributed by atoms with E-state index in [2.05, 4.69) is 10.8 Å². The summed E-state index contributed by atoms with van der Waals surface area (Å²) in [6.45, 7) is 4.02. The molecule has 0 aliphatic carbocycles. The number of ether oxygens (including phenoxy) is 1. The molecule has 0 aromatic carbocycles. The van der Waals surface area contributed by atoms with Gasteiger partial charge < -0.3 is 4.74 Å². The molecule has 1 heterocycles. The van der Waals surface area contributed by atoms with Crippen LogP contribution in [0.1, 0.15) is 20.3 Å². The van der Waals surface area contributed by atoms with Crippen molar-refractivity contribution in [2.45, 2.75) is 20.3 Å². The SMILES string of the molecule is COC(=O)N1C=CC(CC=C(C)C)C(C=O)=C1. The van der Waals surface area contributed by atoms with Gasteiger partial charge in [0.2, 0.25) is 0 Å². The van der Waals surface area contributed by atoms with Gasteiger partial charge in [0.05, 0.1) is 7.11 Å². The van der Waals surface area contributed by atoms with E-state index in [9.17, 15) is 9.59 Å². The van der Waals surface area contributed by atoms with Crippen LogP contribution in [0.25, 0.3) is 0 Å². The van der Waals surface area contributed by atoms with Crippen LogP contribution in [0.5, 0.6) is 0 Å². The van der Waals surface area contributed by atoms with Crippen molar-refractivity contribution in [2.75, 3.05) is 7.11 Å². The van der Waals surface area contributed by atoms with Gasteiger partial charge in [-0.2, -0.15) is 0 Å². The number of carbonyl (C=O) groups is 2. The van der Waals surface area contributed by atoms with Gasteiger partial charge in [-0.3, -0.25) is 9.69 Å². The average molecular weight is 235 g/mol. The van der Waals surface area contributed by atoms with Crippen LogP contribution in [0.15, 0.2) is 35.7 Å². The van der Waals surface area contributed by atoms with Crippen LogP contribution in [0, 0.1) is 5.92 Å². The molecule has 4 heteroatoms. The van der Waals surface area contributed by atoms with Crippen molar-refractivity contribution in [3.8, 4) is 0 Å². The van der Waals surface area contributed by atoms with E-state index in [0.717, 1.165) is 12.7 Å². The molecular formula is C13H17NO3. The van der Waals surface area contributed by atoms with Gasteiger partial charge in [0.25, 0.3) is 0 Å². The van der Waals surface area contributed by atoms with Crippen molar-refractivity contribution in [3.63, 3.8) is 0 Å². The third-order valence-electron chi connectivity index (χ3n) is 2.50. The van der Waals surface area contributed by atoms with Gasteiger partial charge in [0, 0.05) is 23.9 Å². The van der Waals surface area contributed by atoms with Crippen LogP contribution in [0.2, 0.25) is 0 Å². The fourth-order valence-electron chi connectivity index (χ4n) is 1.52. The zero-order chi connectivity index (χ0) is 12.8. The lowest BCUT2D eigenvalue weighted by Crippen LogP contribution is -2.24. The fourth-order valence-corrected chi connectivity index (χ4v) is 1.52. The van der Waals surface area contributed by atoms with Crippen molar-refractivity contribution < 1.29 is 14.3 Å². The summed E-state index contributed by atoms with van der Waals surface area (Å²) in [5.74, 6) is 0.0308. The minimum atomic E-state index is -0.499. The maximum absolute atomic E-state index is 11.3. The summed E-state index contributed by atoms with van der Waals surface area (Å²) in [5.41, 5.74) is 1.79. The van der Waals surface area contributed by atoms with Gasteiger partial charge in [-0.05, 0) is 20.3 Å². The van der Waals surface area contributed by atoms with Crippen LogP contribution in [-0.2, 0) is 9.53 Å². The summed E-state index contributed by atoms with van der Waals surface area (Å²) in [6, 6.07) is 0. The molecule has 0 bridgehead atoms. The van der Waals surface area contributed by atoms with Crippen molar-refractivity contribution >= 4 is 12.4 Å². The lowest BCUT2D eigenvalue weighted by atomic mass is 9.94. The lowest BCUT2D eigenvalue weighted by Gasteiger charge is -2.21. The molecule has 0 N–H and O–H groups in total. The maximum atomic E-state index is 11.3. The number of methoxy groups -OCH3 is 1. The van der Waals surface area contributed by atoms with Crippen LogP contribution in [-0.4, -0.2) is 24.4 Å². The predicted molar refractivity (Wildman–Crippen MR) is 65.1 cm³/mol. The first-order chi connectivity index (χ1) is 8.08. The van der Waals surface area contributed by atoms with E-state index < -0.39 is 6.09 Å². The largest absolute Gasteiger partial charge is 0.452 e. The third kappa shape index (κ3) is 3.59. The van der Waals surface area contributed by atoms with Gasteiger partial charge in [0.1, 0.15) is 6.29 Å². The van der Waals surface area contributed by atoms with E-state index in [-0.39, 0.29) is 5.92 Å². The highest BCUT2D eigenvalue weighted by molar-refractivity contribution is 5.78. The van der Waals surface area contributed by atoms with Gasteiger partial charge in [0.15, 0.2) is 0 Å². The maximum Gasteiger partial charge on any atom is 0.417 e. The Balaban J connectivity index is 2.79. The van der Waals surface area contributed by atoms with Crippen LogP contribution < -0.4 is 0 Å². The molecule has 1 unspecified atom stereocenters. The number of nitrogens with zero attached hydrogens (tertiary/aromatic N) is 1. The molecule has 0 saturated heterocycles. The molecule has 17 heavy (non-hydrogen) atoms. The standard InChI is InChI=1S/C13H17NO3/c1-10(2)4-5-11-6-7-14(13(16)17-3)8-12(11)9-15/h4,6-9,11H,5H2,1-3H3. The number of hydrogen-bond donors (Lipinski definition) is 0. The van der Waals surface area contributed by atoms with Gasteiger partial charge >= 0.3 is 6.09 Å². The summed E-state index contributed by atoms with van der Waals surface area (Å²) in [7, 11) is 1.31. The zero-order valence-corrected chi connectivity index (χ0v) is 10.3. The van der Waals surface area contributed by atoms with Crippen LogP contribution in [0.3, 0.4) is 0 Å². The fraction of sp³-hybridized carbons (Fsp3) is 0.385. The highest BCUT2D eigenvalue weighted by atomic mass is 16.5. The second kappa shape index (κ2) is 6.03. The molecule has 1 amide bonds. The smallest absolute Gasteiger partial charge is 0.417 e. The topological polar surface area (TPSA) is 46.6 Å². The first-order valence-electron chi connectivity index (χ1n) is 5.43. The van der Waals surface area contributed by atoms with Crippen molar-refractivity contribution in [1.29, 1.82) is 0 Å². The minimum absolute atomic E-state index is 0.0308. The van der Waals surface area contributed by atoms with E-state index >= 15 is 0 Å². The Bertz CT molecular complexity index is 389. The summed E-state index contributed by atoms with van der Waals surface area (Å²) in [5, 5.41) is 0. The van der Waals surface area contributed by atoms with Gasteiger partial charge in [-0.15, -0.1) is 0 Å². The van der Waals surface area contributed by atoms with Gasteiger partial charge in [-0.1, -0.05) is 17.7 Å². The quantitative estimate of drug-likeness (QED) is 0.558. The molecule has 1 aliphatic heterocycles. The number of allylic oxidation sites excluding steroid dienone is 4. The third-order valence-corrected chi connectivity index (χ3v) is 2.50.